The third-order valence-electron chi connectivity index (χ3n) is 3.31. The number of nitrogens with zero attached hydrogens (tertiary/aromatic N) is 2. The Balaban J connectivity index is 2.11. The largest absolute Gasteiger partial charge is 0.464 e. The molecule has 0 atom stereocenters. The standard InChI is InChI=1S/C16H20N4O3/c1-20(2)8-7-11-5-4-6-12(9-11)15(21)18-13-10-17-19-14(13)16(22)23-3/h4-6,9-10H,7-8H2,1-3H3,(H,17,19)(H,18,21). The number of methoxy groups -OCH3 is 1. The van der Waals surface area contributed by atoms with Gasteiger partial charge in [-0.3, -0.25) is 9.89 Å². The number of anilines is 1. The van der Waals surface area contributed by atoms with Crippen molar-refractivity contribution in [3.63, 3.8) is 0 Å². The highest BCUT2D eigenvalue weighted by atomic mass is 16.5. The topological polar surface area (TPSA) is 87.3 Å². The Labute approximate surface area is 134 Å². The molecule has 2 aromatic rings. The van der Waals surface area contributed by atoms with Crippen molar-refractivity contribution in [3.8, 4) is 0 Å². The van der Waals surface area contributed by atoms with Gasteiger partial charge in [-0.1, -0.05) is 12.1 Å². The first-order valence-corrected chi connectivity index (χ1v) is 7.18. The highest BCUT2D eigenvalue weighted by Gasteiger charge is 2.17. The number of aromatic nitrogens is 2. The van der Waals surface area contributed by atoms with Crippen molar-refractivity contribution in [3.05, 3.63) is 47.3 Å². The minimum atomic E-state index is -0.586. The van der Waals surface area contributed by atoms with Crippen LogP contribution in [0, 0.1) is 0 Å². The monoisotopic (exact) mass is 316 g/mol. The summed E-state index contributed by atoms with van der Waals surface area (Å²) in [6.07, 6.45) is 2.23. The summed E-state index contributed by atoms with van der Waals surface area (Å²) in [5.74, 6) is -0.888. The van der Waals surface area contributed by atoms with Crippen LogP contribution >= 0.6 is 0 Å². The summed E-state index contributed by atoms with van der Waals surface area (Å²) >= 11 is 0. The number of likely N-dealkylation sites (N-methyl/N-ethyl adjacent to an activating group) is 1. The lowest BCUT2D eigenvalue weighted by Gasteiger charge is -2.10. The molecule has 1 heterocycles. The van der Waals surface area contributed by atoms with E-state index in [2.05, 4.69) is 25.2 Å². The van der Waals surface area contributed by atoms with E-state index in [0.717, 1.165) is 18.5 Å². The number of rotatable bonds is 6. The van der Waals surface area contributed by atoms with E-state index in [4.69, 9.17) is 0 Å². The fraction of sp³-hybridized carbons (Fsp3) is 0.312. The van der Waals surface area contributed by atoms with E-state index < -0.39 is 5.97 Å². The molecule has 0 spiro atoms. The van der Waals surface area contributed by atoms with E-state index in [1.807, 2.05) is 32.3 Å². The number of amides is 1. The molecule has 0 unspecified atom stereocenters. The van der Waals surface area contributed by atoms with E-state index in [1.54, 1.807) is 6.07 Å². The quantitative estimate of drug-likeness (QED) is 0.790. The molecule has 7 nitrogen and oxygen atoms in total. The zero-order valence-corrected chi connectivity index (χ0v) is 13.4. The average molecular weight is 316 g/mol. The maximum absolute atomic E-state index is 12.4. The maximum atomic E-state index is 12.4. The molecule has 2 N–H and O–H groups in total. The van der Waals surface area contributed by atoms with Gasteiger partial charge >= 0.3 is 5.97 Å². The third-order valence-corrected chi connectivity index (χ3v) is 3.31. The minimum absolute atomic E-state index is 0.115. The van der Waals surface area contributed by atoms with Gasteiger partial charge in [-0.2, -0.15) is 5.10 Å². The SMILES string of the molecule is COC(=O)c1[nH]ncc1NC(=O)c1cccc(CCN(C)C)c1. The second-order valence-electron chi connectivity index (χ2n) is 5.36. The highest BCUT2D eigenvalue weighted by Crippen LogP contribution is 2.15. The second-order valence-corrected chi connectivity index (χ2v) is 5.36. The second kappa shape index (κ2) is 7.55. The first kappa shape index (κ1) is 16.7. The van der Waals surface area contributed by atoms with E-state index in [1.165, 1.54) is 13.3 Å². The normalized spacial score (nSPS) is 10.6. The summed E-state index contributed by atoms with van der Waals surface area (Å²) in [5.41, 5.74) is 2.01. The summed E-state index contributed by atoms with van der Waals surface area (Å²) in [4.78, 5) is 26.0. The fourth-order valence-corrected chi connectivity index (χ4v) is 2.05. The highest BCUT2D eigenvalue weighted by molar-refractivity contribution is 6.07. The van der Waals surface area contributed by atoms with Gasteiger partial charge in [-0.05, 0) is 38.2 Å². The number of H-pyrrole nitrogens is 1. The molecule has 7 heteroatoms. The van der Waals surface area contributed by atoms with Gasteiger partial charge in [0.25, 0.3) is 5.91 Å². The first-order valence-electron chi connectivity index (χ1n) is 7.18. The molecule has 23 heavy (non-hydrogen) atoms. The van der Waals surface area contributed by atoms with Crippen LogP contribution in [0.3, 0.4) is 0 Å². The van der Waals surface area contributed by atoms with Crippen molar-refractivity contribution in [1.82, 2.24) is 15.1 Å². The number of ether oxygens (including phenoxy) is 1. The molecule has 0 fully saturated rings. The van der Waals surface area contributed by atoms with Gasteiger partial charge < -0.3 is 15.0 Å². The van der Waals surface area contributed by atoms with Gasteiger partial charge in [-0.15, -0.1) is 0 Å². The smallest absolute Gasteiger partial charge is 0.358 e. The Morgan fingerprint density at radius 3 is 2.83 bits per heavy atom. The molecule has 0 aliphatic heterocycles. The summed E-state index contributed by atoms with van der Waals surface area (Å²) in [7, 11) is 5.27. The van der Waals surface area contributed by atoms with Crippen molar-refractivity contribution in [2.45, 2.75) is 6.42 Å². The number of aromatic amines is 1. The van der Waals surface area contributed by atoms with Crippen molar-refractivity contribution in [1.29, 1.82) is 0 Å². The van der Waals surface area contributed by atoms with E-state index >= 15 is 0 Å². The summed E-state index contributed by atoms with van der Waals surface area (Å²) in [6.45, 7) is 0.902. The molecule has 0 aliphatic carbocycles. The lowest BCUT2D eigenvalue weighted by molar-refractivity contribution is 0.0595. The van der Waals surface area contributed by atoms with Gasteiger partial charge in [0.2, 0.25) is 0 Å². The zero-order valence-electron chi connectivity index (χ0n) is 13.4. The number of esters is 1. The lowest BCUT2D eigenvalue weighted by atomic mass is 10.1. The molecule has 122 valence electrons. The Morgan fingerprint density at radius 2 is 2.13 bits per heavy atom. The van der Waals surface area contributed by atoms with Crippen molar-refractivity contribution in [2.24, 2.45) is 0 Å². The van der Waals surface area contributed by atoms with Gasteiger partial charge in [0.1, 0.15) is 0 Å². The van der Waals surface area contributed by atoms with E-state index in [0.29, 0.717) is 11.3 Å². The van der Waals surface area contributed by atoms with Crippen molar-refractivity contribution < 1.29 is 14.3 Å². The third kappa shape index (κ3) is 4.40. The molecule has 0 aliphatic rings. The molecular weight excluding hydrogens is 296 g/mol. The predicted molar refractivity (Wildman–Crippen MR) is 86.6 cm³/mol. The number of hydrogen-bond acceptors (Lipinski definition) is 5. The molecule has 1 aromatic carbocycles. The van der Waals surface area contributed by atoms with Gasteiger partial charge in [0.05, 0.1) is 19.0 Å². The number of carbonyl (C=O) groups excluding carboxylic acids is 2. The Hall–Kier alpha value is -2.67. The zero-order chi connectivity index (χ0) is 16.8. The maximum Gasteiger partial charge on any atom is 0.358 e. The molecule has 0 radical (unpaired) electrons. The van der Waals surface area contributed by atoms with Crippen LogP contribution in [0.4, 0.5) is 5.69 Å². The van der Waals surface area contributed by atoms with Gasteiger partial charge in [0.15, 0.2) is 5.69 Å². The van der Waals surface area contributed by atoms with Crippen LogP contribution in [-0.2, 0) is 11.2 Å². The van der Waals surface area contributed by atoms with Crippen LogP contribution in [0.15, 0.2) is 30.5 Å². The number of hydrogen-bond donors (Lipinski definition) is 2. The number of nitrogens with one attached hydrogen (secondary N) is 2. The van der Waals surface area contributed by atoms with Crippen LogP contribution in [0.1, 0.15) is 26.4 Å². The van der Waals surface area contributed by atoms with Crippen LogP contribution in [0.25, 0.3) is 0 Å². The summed E-state index contributed by atoms with van der Waals surface area (Å²) in [6, 6.07) is 7.40. The Morgan fingerprint density at radius 1 is 1.35 bits per heavy atom. The molecular formula is C16H20N4O3. The van der Waals surface area contributed by atoms with Crippen LogP contribution in [0.5, 0.6) is 0 Å². The Kier molecular flexibility index (Phi) is 5.48. The van der Waals surface area contributed by atoms with Crippen LogP contribution < -0.4 is 5.32 Å². The predicted octanol–water partition coefficient (Wildman–Crippen LogP) is 1.55. The summed E-state index contributed by atoms with van der Waals surface area (Å²) < 4.78 is 4.63. The van der Waals surface area contributed by atoms with Gasteiger partial charge in [-0.25, -0.2) is 4.79 Å². The van der Waals surface area contributed by atoms with Gasteiger partial charge in [0, 0.05) is 12.1 Å². The molecule has 0 saturated carbocycles. The average Bonchev–Trinajstić information content (AvgIpc) is 3.00. The van der Waals surface area contributed by atoms with E-state index in [9.17, 15) is 9.59 Å². The number of benzene rings is 1. The molecule has 2 rings (SSSR count). The van der Waals surface area contributed by atoms with E-state index in [-0.39, 0.29) is 11.6 Å². The molecule has 1 amide bonds. The van der Waals surface area contributed by atoms with Crippen LogP contribution in [-0.4, -0.2) is 54.7 Å². The summed E-state index contributed by atoms with van der Waals surface area (Å²) in [5, 5.41) is 8.94. The lowest BCUT2D eigenvalue weighted by Crippen LogP contribution is -2.16. The molecule has 0 saturated heterocycles. The van der Waals surface area contributed by atoms with Crippen LogP contribution in [0.2, 0.25) is 0 Å². The first-order chi connectivity index (χ1) is 11.0. The number of carbonyl (C=O) groups is 2. The Bertz CT molecular complexity index is 694. The van der Waals surface area contributed by atoms with Crippen molar-refractivity contribution >= 4 is 17.6 Å². The fourth-order valence-electron chi connectivity index (χ4n) is 2.05. The molecule has 0 bridgehead atoms. The molecule has 1 aromatic heterocycles. The van der Waals surface area contributed by atoms with Crippen molar-refractivity contribution in [2.75, 3.05) is 33.1 Å². The minimum Gasteiger partial charge on any atom is -0.464 e.